The second-order valence-electron chi connectivity index (χ2n) is 5.11. The number of aromatic amines is 1. The molecular formula is C15H17N7O3. The molecule has 0 spiro atoms. The Morgan fingerprint density at radius 2 is 2.08 bits per heavy atom. The van der Waals surface area contributed by atoms with Gasteiger partial charge >= 0.3 is 0 Å². The zero-order chi connectivity index (χ0) is 17.8. The predicted molar refractivity (Wildman–Crippen MR) is 90.9 cm³/mol. The Balaban J connectivity index is 1.73. The first-order valence-electron chi connectivity index (χ1n) is 7.36. The number of nitrogens with zero attached hydrogens (tertiary/aromatic N) is 5. The van der Waals surface area contributed by atoms with Gasteiger partial charge in [0.25, 0.3) is 0 Å². The first-order valence-corrected chi connectivity index (χ1v) is 7.36. The number of amides is 1. The zero-order valence-corrected chi connectivity index (χ0v) is 14.0. The molecule has 0 aliphatic heterocycles. The third-order valence-electron chi connectivity index (χ3n) is 3.46. The molecule has 3 aromatic heterocycles. The number of rotatable bonds is 6. The lowest BCUT2D eigenvalue weighted by Gasteiger charge is -2.18. The minimum absolute atomic E-state index is 0.0698. The summed E-state index contributed by atoms with van der Waals surface area (Å²) in [7, 11) is 4.73. The number of fused-ring (bicyclic) bond motifs is 1. The average molecular weight is 343 g/mol. The second-order valence-corrected chi connectivity index (χ2v) is 5.11. The van der Waals surface area contributed by atoms with Crippen molar-refractivity contribution in [3.8, 4) is 11.8 Å². The van der Waals surface area contributed by atoms with Crippen LogP contribution in [0, 0.1) is 0 Å². The number of carbonyl (C=O) groups excluding carboxylic acids is 1. The minimum atomic E-state index is -0.251. The molecule has 0 fully saturated rings. The predicted octanol–water partition coefficient (Wildman–Crippen LogP) is 0.840. The lowest BCUT2D eigenvalue weighted by Crippen LogP contribution is -2.31. The summed E-state index contributed by atoms with van der Waals surface area (Å²) in [5, 5.41) is 2.76. The summed E-state index contributed by atoms with van der Waals surface area (Å²) in [5.41, 5.74) is 1.66. The van der Waals surface area contributed by atoms with Crippen molar-refractivity contribution in [3.05, 3.63) is 24.8 Å². The third kappa shape index (κ3) is 3.42. The molecule has 0 atom stereocenters. The van der Waals surface area contributed by atoms with Crippen molar-refractivity contribution in [1.29, 1.82) is 0 Å². The highest BCUT2D eigenvalue weighted by Gasteiger charge is 2.15. The highest BCUT2D eigenvalue weighted by Crippen LogP contribution is 2.25. The van der Waals surface area contributed by atoms with E-state index in [1.165, 1.54) is 26.9 Å². The standard InChI is InChI=1S/C15H17N7O3/c1-22(14-12-13(17-7-16-12)18-8-19-14)6-10(23)20-9-4-5-11(24-2)21-15(9)25-3/h4-5,7-8H,6H2,1-3H3,(H,20,23)(H,16,17,18,19). The van der Waals surface area contributed by atoms with Crippen molar-refractivity contribution in [2.45, 2.75) is 0 Å². The Kier molecular flexibility index (Phi) is 4.59. The van der Waals surface area contributed by atoms with Gasteiger partial charge in [-0.2, -0.15) is 4.98 Å². The van der Waals surface area contributed by atoms with Gasteiger partial charge in [-0.05, 0) is 6.07 Å². The van der Waals surface area contributed by atoms with E-state index in [9.17, 15) is 4.79 Å². The molecular weight excluding hydrogens is 326 g/mol. The normalized spacial score (nSPS) is 10.5. The Morgan fingerprint density at radius 3 is 2.84 bits per heavy atom. The Labute approximate surface area is 143 Å². The van der Waals surface area contributed by atoms with E-state index >= 15 is 0 Å². The number of carbonyl (C=O) groups is 1. The molecule has 2 N–H and O–H groups in total. The summed E-state index contributed by atoms with van der Waals surface area (Å²) in [6, 6.07) is 3.31. The van der Waals surface area contributed by atoms with Crippen molar-refractivity contribution in [2.24, 2.45) is 0 Å². The van der Waals surface area contributed by atoms with Crippen LogP contribution in [0.1, 0.15) is 0 Å². The fraction of sp³-hybridized carbons (Fsp3) is 0.267. The molecule has 0 aliphatic carbocycles. The Bertz CT molecular complexity index is 896. The van der Waals surface area contributed by atoms with E-state index in [4.69, 9.17) is 9.47 Å². The van der Waals surface area contributed by atoms with Crippen LogP contribution in [0.5, 0.6) is 11.8 Å². The van der Waals surface area contributed by atoms with Crippen LogP contribution >= 0.6 is 0 Å². The number of hydrogen-bond donors (Lipinski definition) is 2. The van der Waals surface area contributed by atoms with Crippen LogP contribution in [0.15, 0.2) is 24.8 Å². The summed E-state index contributed by atoms with van der Waals surface area (Å²) in [4.78, 5) is 33.5. The highest BCUT2D eigenvalue weighted by atomic mass is 16.5. The lowest BCUT2D eigenvalue weighted by molar-refractivity contribution is -0.114. The SMILES string of the molecule is COc1ccc(NC(=O)CN(C)c2ncnc3nc[nH]c23)c(OC)n1. The van der Waals surface area contributed by atoms with E-state index in [0.29, 0.717) is 28.5 Å². The molecule has 10 nitrogen and oxygen atoms in total. The van der Waals surface area contributed by atoms with E-state index in [1.54, 1.807) is 24.1 Å². The summed E-state index contributed by atoms with van der Waals surface area (Å²) in [6.45, 7) is 0.0698. The van der Waals surface area contributed by atoms with Crippen LogP contribution in [0.25, 0.3) is 11.2 Å². The van der Waals surface area contributed by atoms with Crippen LogP contribution in [0.3, 0.4) is 0 Å². The van der Waals surface area contributed by atoms with Gasteiger partial charge < -0.3 is 24.7 Å². The minimum Gasteiger partial charge on any atom is -0.481 e. The van der Waals surface area contributed by atoms with Gasteiger partial charge in [-0.25, -0.2) is 15.0 Å². The summed E-state index contributed by atoms with van der Waals surface area (Å²) >= 11 is 0. The first-order chi connectivity index (χ1) is 12.1. The Hall–Kier alpha value is -3.43. The number of aromatic nitrogens is 5. The molecule has 1 amide bonds. The number of likely N-dealkylation sites (N-methyl/N-ethyl adjacent to an activating group) is 1. The molecule has 3 aromatic rings. The van der Waals surface area contributed by atoms with E-state index in [1.807, 2.05) is 0 Å². The molecule has 0 bridgehead atoms. The number of anilines is 2. The van der Waals surface area contributed by atoms with Gasteiger partial charge in [-0.15, -0.1) is 0 Å². The number of imidazole rings is 1. The van der Waals surface area contributed by atoms with Crippen LogP contribution in [0.2, 0.25) is 0 Å². The van der Waals surface area contributed by atoms with Gasteiger partial charge in [-0.1, -0.05) is 0 Å². The molecule has 0 unspecified atom stereocenters. The molecule has 10 heteroatoms. The summed E-state index contributed by atoms with van der Waals surface area (Å²) < 4.78 is 10.2. The summed E-state index contributed by atoms with van der Waals surface area (Å²) in [6.07, 6.45) is 2.94. The van der Waals surface area contributed by atoms with E-state index in [-0.39, 0.29) is 18.3 Å². The number of ether oxygens (including phenoxy) is 2. The molecule has 0 aromatic carbocycles. The number of H-pyrrole nitrogens is 1. The van der Waals surface area contributed by atoms with Crippen molar-refractivity contribution in [3.63, 3.8) is 0 Å². The first kappa shape index (κ1) is 16.4. The quantitative estimate of drug-likeness (QED) is 0.676. The number of hydrogen-bond acceptors (Lipinski definition) is 8. The van der Waals surface area contributed by atoms with Crippen molar-refractivity contribution in [2.75, 3.05) is 38.0 Å². The monoisotopic (exact) mass is 343 g/mol. The maximum Gasteiger partial charge on any atom is 0.244 e. The highest BCUT2D eigenvalue weighted by molar-refractivity contribution is 5.96. The van der Waals surface area contributed by atoms with Crippen LogP contribution in [-0.4, -0.2) is 58.6 Å². The number of nitrogens with one attached hydrogen (secondary N) is 2. The molecule has 3 heterocycles. The van der Waals surface area contributed by atoms with Gasteiger partial charge in [0.2, 0.25) is 17.7 Å². The second kappa shape index (κ2) is 6.99. The van der Waals surface area contributed by atoms with E-state index in [0.717, 1.165) is 0 Å². The van der Waals surface area contributed by atoms with Gasteiger partial charge in [0.05, 0.1) is 27.1 Å². The fourth-order valence-corrected chi connectivity index (χ4v) is 2.31. The largest absolute Gasteiger partial charge is 0.481 e. The smallest absolute Gasteiger partial charge is 0.244 e. The zero-order valence-electron chi connectivity index (χ0n) is 14.0. The molecule has 25 heavy (non-hydrogen) atoms. The van der Waals surface area contributed by atoms with E-state index in [2.05, 4.69) is 30.2 Å². The fourth-order valence-electron chi connectivity index (χ4n) is 2.31. The van der Waals surface area contributed by atoms with E-state index < -0.39 is 0 Å². The lowest BCUT2D eigenvalue weighted by atomic mass is 10.3. The van der Waals surface area contributed by atoms with Gasteiger partial charge in [0.1, 0.15) is 17.5 Å². The number of methoxy groups -OCH3 is 2. The maximum absolute atomic E-state index is 12.4. The maximum atomic E-state index is 12.4. The Morgan fingerprint density at radius 1 is 1.24 bits per heavy atom. The molecule has 3 rings (SSSR count). The molecule has 0 radical (unpaired) electrons. The van der Waals surface area contributed by atoms with Gasteiger partial charge in [0.15, 0.2) is 11.5 Å². The van der Waals surface area contributed by atoms with Crippen molar-refractivity contribution < 1.29 is 14.3 Å². The molecule has 0 aliphatic rings. The van der Waals surface area contributed by atoms with Crippen molar-refractivity contribution in [1.82, 2.24) is 24.9 Å². The van der Waals surface area contributed by atoms with Crippen molar-refractivity contribution >= 4 is 28.6 Å². The molecule has 0 saturated carbocycles. The number of pyridine rings is 1. The van der Waals surface area contributed by atoms with Crippen LogP contribution in [0.4, 0.5) is 11.5 Å². The average Bonchev–Trinajstić information content (AvgIpc) is 3.10. The summed E-state index contributed by atoms with van der Waals surface area (Å²) in [5.74, 6) is 0.999. The third-order valence-corrected chi connectivity index (χ3v) is 3.46. The molecule has 130 valence electrons. The topological polar surface area (TPSA) is 118 Å². The van der Waals surface area contributed by atoms with Crippen LogP contribution in [-0.2, 0) is 4.79 Å². The van der Waals surface area contributed by atoms with Crippen LogP contribution < -0.4 is 19.7 Å². The van der Waals surface area contributed by atoms with Gasteiger partial charge in [0, 0.05) is 13.1 Å². The molecule has 0 saturated heterocycles. The van der Waals surface area contributed by atoms with Gasteiger partial charge in [-0.3, -0.25) is 4.79 Å².